The summed E-state index contributed by atoms with van der Waals surface area (Å²) < 4.78 is 25.5. The van der Waals surface area contributed by atoms with Gasteiger partial charge in [-0.2, -0.15) is 0 Å². The zero-order chi connectivity index (χ0) is 9.72. The molecule has 0 bridgehead atoms. The molecule has 0 aromatic carbocycles. The van der Waals surface area contributed by atoms with E-state index in [1.807, 2.05) is 20.8 Å². The fourth-order valence-corrected chi connectivity index (χ4v) is 1.27. The molecule has 0 N–H and O–H groups in total. The van der Waals surface area contributed by atoms with E-state index in [1.165, 1.54) is 7.05 Å². The third-order valence-corrected chi connectivity index (χ3v) is 2.08. The molecule has 2 unspecified atom stereocenters. The van der Waals surface area contributed by atoms with Crippen molar-refractivity contribution in [2.45, 2.75) is 46.2 Å². The standard InChI is InChI=1S/C7H13F2N.C2H6/c1-5-3-6(8)10(2)7(9)4-5;1-2/h5-7H,3-4H2,1-2H3;1-2H3. The highest BCUT2D eigenvalue weighted by atomic mass is 19.2. The Balaban J connectivity index is 0.000000561. The first-order chi connectivity index (χ1) is 5.61. The quantitative estimate of drug-likeness (QED) is 0.517. The van der Waals surface area contributed by atoms with E-state index in [-0.39, 0.29) is 5.92 Å². The summed E-state index contributed by atoms with van der Waals surface area (Å²) in [5.74, 6) is 0.182. The Labute approximate surface area is 73.7 Å². The molecular formula is C9H19F2N. The minimum Gasteiger partial charge on any atom is -0.247 e. The van der Waals surface area contributed by atoms with Crippen molar-refractivity contribution < 1.29 is 8.78 Å². The highest BCUT2D eigenvalue weighted by molar-refractivity contribution is 4.73. The van der Waals surface area contributed by atoms with Crippen molar-refractivity contribution in [3.05, 3.63) is 0 Å². The molecule has 1 rings (SSSR count). The third-order valence-electron chi connectivity index (χ3n) is 2.08. The predicted molar refractivity (Wildman–Crippen MR) is 47.3 cm³/mol. The second-order valence-electron chi connectivity index (χ2n) is 3.11. The van der Waals surface area contributed by atoms with E-state index in [4.69, 9.17) is 0 Å². The van der Waals surface area contributed by atoms with Gasteiger partial charge in [0, 0.05) is 0 Å². The Morgan fingerprint density at radius 2 is 1.42 bits per heavy atom. The van der Waals surface area contributed by atoms with Crippen LogP contribution in [-0.2, 0) is 0 Å². The van der Waals surface area contributed by atoms with Gasteiger partial charge in [-0.05, 0) is 25.8 Å². The van der Waals surface area contributed by atoms with Gasteiger partial charge >= 0.3 is 0 Å². The van der Waals surface area contributed by atoms with Crippen molar-refractivity contribution in [2.24, 2.45) is 5.92 Å². The van der Waals surface area contributed by atoms with Crippen LogP contribution in [0.1, 0.15) is 33.6 Å². The molecule has 0 aliphatic carbocycles. The molecule has 0 aromatic rings. The van der Waals surface area contributed by atoms with Crippen LogP contribution in [-0.4, -0.2) is 24.5 Å². The van der Waals surface area contributed by atoms with Gasteiger partial charge in [0.15, 0.2) is 12.6 Å². The lowest BCUT2D eigenvalue weighted by molar-refractivity contribution is -0.0528. The summed E-state index contributed by atoms with van der Waals surface area (Å²) in [7, 11) is 1.49. The van der Waals surface area contributed by atoms with Crippen molar-refractivity contribution >= 4 is 0 Å². The topological polar surface area (TPSA) is 3.24 Å². The third kappa shape index (κ3) is 3.05. The van der Waals surface area contributed by atoms with E-state index >= 15 is 0 Å². The van der Waals surface area contributed by atoms with Gasteiger partial charge in [0.25, 0.3) is 0 Å². The van der Waals surface area contributed by atoms with Gasteiger partial charge in [-0.15, -0.1) is 0 Å². The monoisotopic (exact) mass is 179 g/mol. The van der Waals surface area contributed by atoms with E-state index in [0.717, 1.165) is 4.90 Å². The van der Waals surface area contributed by atoms with E-state index in [2.05, 4.69) is 0 Å². The van der Waals surface area contributed by atoms with Crippen LogP contribution in [0.25, 0.3) is 0 Å². The number of hydrogen-bond acceptors (Lipinski definition) is 1. The molecule has 1 saturated heterocycles. The van der Waals surface area contributed by atoms with Crippen LogP contribution in [0, 0.1) is 5.92 Å². The van der Waals surface area contributed by atoms with Crippen molar-refractivity contribution in [3.63, 3.8) is 0 Å². The number of piperidine rings is 1. The number of likely N-dealkylation sites (tertiary alicyclic amines) is 1. The Kier molecular flexibility index (Phi) is 5.38. The number of alkyl halides is 2. The summed E-state index contributed by atoms with van der Waals surface area (Å²) in [4.78, 5) is 1.15. The second-order valence-corrected chi connectivity index (χ2v) is 3.11. The number of rotatable bonds is 0. The molecule has 1 fully saturated rings. The number of hydrogen-bond donors (Lipinski definition) is 0. The van der Waals surface area contributed by atoms with Gasteiger partial charge < -0.3 is 0 Å². The summed E-state index contributed by atoms with van der Waals surface area (Å²) in [6, 6.07) is 0. The molecule has 2 atom stereocenters. The first kappa shape index (κ1) is 11.8. The zero-order valence-electron chi connectivity index (χ0n) is 8.35. The minimum atomic E-state index is -1.08. The average molecular weight is 179 g/mol. The Bertz CT molecular complexity index is 107. The molecule has 12 heavy (non-hydrogen) atoms. The van der Waals surface area contributed by atoms with Crippen molar-refractivity contribution in [1.82, 2.24) is 4.90 Å². The van der Waals surface area contributed by atoms with Gasteiger partial charge in [-0.1, -0.05) is 20.8 Å². The summed E-state index contributed by atoms with van der Waals surface area (Å²) in [6.45, 7) is 5.88. The average Bonchev–Trinajstić information content (AvgIpc) is 2.04. The lowest BCUT2D eigenvalue weighted by Gasteiger charge is -2.33. The second kappa shape index (κ2) is 5.46. The maximum Gasteiger partial charge on any atom is 0.155 e. The van der Waals surface area contributed by atoms with Gasteiger partial charge in [-0.3, -0.25) is 0 Å². The molecule has 0 spiro atoms. The van der Waals surface area contributed by atoms with Gasteiger partial charge in [0.1, 0.15) is 0 Å². The lowest BCUT2D eigenvalue weighted by Crippen LogP contribution is -2.41. The van der Waals surface area contributed by atoms with Crippen LogP contribution in [0.5, 0.6) is 0 Å². The van der Waals surface area contributed by atoms with E-state index in [9.17, 15) is 8.78 Å². The van der Waals surface area contributed by atoms with Crippen molar-refractivity contribution in [3.8, 4) is 0 Å². The molecule has 1 heterocycles. The highest BCUT2D eigenvalue weighted by Crippen LogP contribution is 2.27. The first-order valence-electron chi connectivity index (χ1n) is 4.61. The fourth-order valence-electron chi connectivity index (χ4n) is 1.27. The summed E-state index contributed by atoms with van der Waals surface area (Å²) >= 11 is 0. The largest absolute Gasteiger partial charge is 0.247 e. The first-order valence-corrected chi connectivity index (χ1v) is 4.61. The smallest absolute Gasteiger partial charge is 0.155 e. The molecule has 74 valence electrons. The molecule has 0 saturated carbocycles. The van der Waals surface area contributed by atoms with Crippen molar-refractivity contribution in [2.75, 3.05) is 7.05 Å². The molecule has 1 aliphatic heterocycles. The van der Waals surface area contributed by atoms with Crippen LogP contribution in [0.3, 0.4) is 0 Å². The van der Waals surface area contributed by atoms with Gasteiger partial charge in [0.05, 0.1) is 0 Å². The van der Waals surface area contributed by atoms with Crippen LogP contribution in [0.2, 0.25) is 0 Å². The van der Waals surface area contributed by atoms with Crippen LogP contribution in [0.4, 0.5) is 8.78 Å². The van der Waals surface area contributed by atoms with Crippen LogP contribution < -0.4 is 0 Å². The normalized spacial score (nSPS) is 37.0. The van der Waals surface area contributed by atoms with E-state index in [0.29, 0.717) is 12.8 Å². The highest BCUT2D eigenvalue weighted by Gasteiger charge is 2.30. The SMILES string of the molecule is CC.CC1CC(F)N(C)C(F)C1. The number of nitrogens with zero attached hydrogens (tertiary/aromatic N) is 1. The van der Waals surface area contributed by atoms with Gasteiger partial charge in [-0.25, -0.2) is 13.7 Å². The molecule has 0 radical (unpaired) electrons. The molecular weight excluding hydrogens is 160 g/mol. The van der Waals surface area contributed by atoms with E-state index in [1.54, 1.807) is 0 Å². The van der Waals surface area contributed by atoms with Crippen LogP contribution in [0.15, 0.2) is 0 Å². The molecule has 0 amide bonds. The molecule has 1 aliphatic rings. The Morgan fingerprint density at radius 3 is 1.75 bits per heavy atom. The molecule has 1 nitrogen and oxygen atoms in total. The number of halogens is 2. The summed E-state index contributed by atoms with van der Waals surface area (Å²) in [5, 5.41) is 0. The lowest BCUT2D eigenvalue weighted by atomic mass is 9.98. The summed E-state index contributed by atoms with van der Waals surface area (Å²) in [6.07, 6.45) is -1.23. The van der Waals surface area contributed by atoms with Crippen LogP contribution >= 0.6 is 0 Å². The Hall–Kier alpha value is -0.180. The molecule has 0 aromatic heterocycles. The maximum absolute atomic E-state index is 12.8. The fraction of sp³-hybridized carbons (Fsp3) is 1.00. The minimum absolute atomic E-state index is 0.182. The van der Waals surface area contributed by atoms with Gasteiger partial charge in [0.2, 0.25) is 0 Å². The van der Waals surface area contributed by atoms with Crippen molar-refractivity contribution in [1.29, 1.82) is 0 Å². The Morgan fingerprint density at radius 1 is 1.08 bits per heavy atom. The maximum atomic E-state index is 12.8. The zero-order valence-corrected chi connectivity index (χ0v) is 8.35. The molecule has 3 heteroatoms. The van der Waals surface area contributed by atoms with E-state index < -0.39 is 12.6 Å². The predicted octanol–water partition coefficient (Wildman–Crippen LogP) is 2.97. The summed E-state index contributed by atoms with van der Waals surface area (Å²) in [5.41, 5.74) is 0.